The third-order valence-corrected chi connectivity index (χ3v) is 2.69. The molecule has 2 nitrogen and oxygen atoms in total. The van der Waals surface area contributed by atoms with Gasteiger partial charge in [0.1, 0.15) is 0 Å². The van der Waals surface area contributed by atoms with Crippen LogP contribution in [0.15, 0.2) is 24.5 Å². The standard InChI is InChI=1S/C11H14FN2P/c1-3-8-4-5-9-6-13-10(11(2,12)15)14(9)7-8/h4-7H,3,15H2,1-2H3. The fourth-order valence-corrected chi connectivity index (χ4v) is 1.82. The number of aryl methyl sites for hydroxylation is 1. The molecule has 0 saturated carbocycles. The third-order valence-electron chi connectivity index (χ3n) is 2.43. The zero-order chi connectivity index (χ0) is 11.1. The number of imidazole rings is 1. The van der Waals surface area contributed by atoms with Gasteiger partial charge in [0.05, 0.1) is 11.7 Å². The zero-order valence-electron chi connectivity index (χ0n) is 8.87. The van der Waals surface area contributed by atoms with Crippen LogP contribution in [-0.4, -0.2) is 9.38 Å². The van der Waals surface area contributed by atoms with Crippen molar-refractivity contribution in [3.8, 4) is 0 Å². The highest BCUT2D eigenvalue weighted by atomic mass is 31.0. The maximum Gasteiger partial charge on any atom is 0.178 e. The number of aromatic nitrogens is 2. The normalized spacial score (nSPS) is 15.5. The summed E-state index contributed by atoms with van der Waals surface area (Å²) in [6.07, 6.45) is 4.57. The highest BCUT2D eigenvalue weighted by Crippen LogP contribution is 2.31. The minimum atomic E-state index is -1.49. The summed E-state index contributed by atoms with van der Waals surface area (Å²) in [5.74, 6) is 0.429. The smallest absolute Gasteiger partial charge is 0.178 e. The van der Waals surface area contributed by atoms with Crippen LogP contribution in [0, 0.1) is 0 Å². The number of pyridine rings is 1. The van der Waals surface area contributed by atoms with Gasteiger partial charge in [-0.3, -0.25) is 0 Å². The van der Waals surface area contributed by atoms with Crippen molar-refractivity contribution in [2.45, 2.75) is 25.7 Å². The van der Waals surface area contributed by atoms with Crippen molar-refractivity contribution in [1.82, 2.24) is 9.38 Å². The fraction of sp³-hybridized carbons (Fsp3) is 0.364. The minimum Gasteiger partial charge on any atom is -0.300 e. The Hall–Kier alpha value is -0.950. The van der Waals surface area contributed by atoms with Gasteiger partial charge in [-0.05, 0) is 25.0 Å². The second-order valence-corrected chi connectivity index (χ2v) is 4.93. The Morgan fingerprint density at radius 2 is 2.27 bits per heavy atom. The van der Waals surface area contributed by atoms with Crippen LogP contribution >= 0.6 is 9.24 Å². The molecule has 2 aromatic heterocycles. The number of hydrogen-bond donors (Lipinski definition) is 0. The van der Waals surface area contributed by atoms with E-state index in [0.717, 1.165) is 11.9 Å². The molecule has 2 unspecified atom stereocenters. The van der Waals surface area contributed by atoms with Crippen molar-refractivity contribution in [2.24, 2.45) is 0 Å². The van der Waals surface area contributed by atoms with Crippen molar-refractivity contribution in [3.05, 3.63) is 35.9 Å². The number of alkyl halides is 1. The summed E-state index contributed by atoms with van der Waals surface area (Å²) in [6.45, 7) is 3.57. The van der Waals surface area contributed by atoms with E-state index in [4.69, 9.17) is 0 Å². The van der Waals surface area contributed by atoms with E-state index in [9.17, 15) is 4.39 Å². The molecule has 0 aliphatic heterocycles. The molecule has 0 saturated heterocycles. The molecule has 0 bridgehead atoms. The van der Waals surface area contributed by atoms with E-state index in [0.29, 0.717) is 5.82 Å². The molecule has 0 spiro atoms. The average Bonchev–Trinajstić information content (AvgIpc) is 2.59. The van der Waals surface area contributed by atoms with Crippen LogP contribution in [0.5, 0.6) is 0 Å². The predicted molar refractivity (Wildman–Crippen MR) is 62.7 cm³/mol. The van der Waals surface area contributed by atoms with E-state index < -0.39 is 5.41 Å². The van der Waals surface area contributed by atoms with Crippen molar-refractivity contribution in [3.63, 3.8) is 0 Å². The Kier molecular flexibility index (Phi) is 2.51. The predicted octanol–water partition coefficient (Wildman–Crippen LogP) is 2.91. The lowest BCUT2D eigenvalue weighted by atomic mass is 10.2. The number of fused-ring (bicyclic) bond motifs is 1. The minimum absolute atomic E-state index is 0.429. The summed E-state index contributed by atoms with van der Waals surface area (Å²) in [6, 6.07) is 4.00. The van der Waals surface area contributed by atoms with Gasteiger partial charge in [-0.2, -0.15) is 0 Å². The molecule has 0 aliphatic rings. The fourth-order valence-electron chi connectivity index (χ4n) is 1.61. The van der Waals surface area contributed by atoms with Crippen molar-refractivity contribution < 1.29 is 4.39 Å². The van der Waals surface area contributed by atoms with Gasteiger partial charge in [-0.1, -0.05) is 22.2 Å². The molecule has 0 radical (unpaired) electrons. The van der Waals surface area contributed by atoms with Crippen LogP contribution in [0.3, 0.4) is 0 Å². The van der Waals surface area contributed by atoms with Gasteiger partial charge >= 0.3 is 0 Å². The summed E-state index contributed by atoms with van der Waals surface area (Å²) in [5.41, 5.74) is 2.10. The van der Waals surface area contributed by atoms with E-state index in [2.05, 4.69) is 21.1 Å². The maximum atomic E-state index is 13.8. The van der Waals surface area contributed by atoms with Crippen molar-refractivity contribution >= 4 is 14.8 Å². The van der Waals surface area contributed by atoms with Gasteiger partial charge in [-0.15, -0.1) is 0 Å². The quantitative estimate of drug-likeness (QED) is 0.717. The van der Waals surface area contributed by atoms with E-state index in [1.54, 1.807) is 6.20 Å². The van der Waals surface area contributed by atoms with Gasteiger partial charge in [-0.25, -0.2) is 9.37 Å². The van der Waals surface area contributed by atoms with Gasteiger partial charge in [0.15, 0.2) is 11.2 Å². The summed E-state index contributed by atoms with van der Waals surface area (Å²) >= 11 is 0. The lowest BCUT2D eigenvalue weighted by molar-refractivity contribution is 0.305. The Morgan fingerprint density at radius 1 is 1.53 bits per heavy atom. The summed E-state index contributed by atoms with van der Waals surface area (Å²) < 4.78 is 15.6. The molecule has 2 rings (SSSR count). The molecule has 0 aromatic carbocycles. The molecule has 2 heterocycles. The third kappa shape index (κ3) is 1.89. The molecule has 0 fully saturated rings. The van der Waals surface area contributed by atoms with Crippen LogP contribution < -0.4 is 0 Å². The Bertz CT molecular complexity index is 485. The molecule has 2 aromatic rings. The van der Waals surface area contributed by atoms with Gasteiger partial charge in [0.25, 0.3) is 0 Å². The van der Waals surface area contributed by atoms with Crippen molar-refractivity contribution in [1.29, 1.82) is 0 Å². The van der Waals surface area contributed by atoms with Crippen LogP contribution in [0.2, 0.25) is 0 Å². The molecule has 80 valence electrons. The van der Waals surface area contributed by atoms with Gasteiger partial charge in [0, 0.05) is 6.20 Å². The molecular weight excluding hydrogens is 210 g/mol. The Balaban J connectivity index is 2.67. The largest absolute Gasteiger partial charge is 0.300 e. The molecule has 2 atom stereocenters. The first kappa shape index (κ1) is 10.6. The highest BCUT2D eigenvalue weighted by Gasteiger charge is 2.24. The van der Waals surface area contributed by atoms with Crippen LogP contribution in [0.25, 0.3) is 5.52 Å². The Labute approximate surface area is 90.7 Å². The molecule has 0 aliphatic carbocycles. The summed E-state index contributed by atoms with van der Waals surface area (Å²) in [4.78, 5) is 4.11. The van der Waals surface area contributed by atoms with Crippen LogP contribution in [0.4, 0.5) is 4.39 Å². The average molecular weight is 224 g/mol. The van der Waals surface area contributed by atoms with E-state index in [1.807, 2.05) is 22.7 Å². The number of hydrogen-bond acceptors (Lipinski definition) is 1. The second kappa shape index (κ2) is 3.57. The van der Waals surface area contributed by atoms with Crippen LogP contribution in [0.1, 0.15) is 25.2 Å². The first-order valence-electron chi connectivity index (χ1n) is 4.96. The SMILES string of the molecule is CCc1ccc2cnc(C(C)(F)P)n2c1. The number of halogens is 1. The molecule has 4 heteroatoms. The molecule has 0 amide bonds. The Morgan fingerprint density at radius 3 is 2.87 bits per heavy atom. The van der Waals surface area contributed by atoms with E-state index in [-0.39, 0.29) is 0 Å². The van der Waals surface area contributed by atoms with Crippen LogP contribution in [-0.2, 0) is 11.8 Å². The number of rotatable bonds is 2. The van der Waals surface area contributed by atoms with E-state index >= 15 is 0 Å². The number of nitrogens with zero attached hydrogens (tertiary/aromatic N) is 2. The van der Waals surface area contributed by atoms with E-state index in [1.165, 1.54) is 12.5 Å². The monoisotopic (exact) mass is 224 g/mol. The molecule has 15 heavy (non-hydrogen) atoms. The summed E-state index contributed by atoms with van der Waals surface area (Å²) in [5, 5.41) is -1.49. The summed E-state index contributed by atoms with van der Waals surface area (Å²) in [7, 11) is 2.17. The first-order chi connectivity index (χ1) is 7.02. The topological polar surface area (TPSA) is 17.3 Å². The molecular formula is C11H14FN2P. The lowest BCUT2D eigenvalue weighted by Crippen LogP contribution is -2.10. The first-order valence-corrected chi connectivity index (χ1v) is 5.54. The zero-order valence-corrected chi connectivity index (χ0v) is 10.0. The van der Waals surface area contributed by atoms with Gasteiger partial charge in [0.2, 0.25) is 0 Å². The second-order valence-electron chi connectivity index (χ2n) is 3.84. The molecule has 0 N–H and O–H groups in total. The lowest BCUT2D eigenvalue weighted by Gasteiger charge is -2.12. The highest BCUT2D eigenvalue weighted by molar-refractivity contribution is 7.18. The maximum absolute atomic E-state index is 13.8. The van der Waals surface area contributed by atoms with Gasteiger partial charge < -0.3 is 4.40 Å². The van der Waals surface area contributed by atoms with Crippen molar-refractivity contribution in [2.75, 3.05) is 0 Å².